The van der Waals surface area contributed by atoms with Crippen molar-refractivity contribution >= 4 is 19.7 Å². The summed E-state index contributed by atoms with van der Waals surface area (Å²) in [5.41, 5.74) is 1.81. The summed E-state index contributed by atoms with van der Waals surface area (Å²) in [6.45, 7) is 0. The van der Waals surface area contributed by atoms with Gasteiger partial charge in [-0.05, 0) is 24.0 Å². The molecule has 3 nitrogen and oxygen atoms in total. The molecule has 94 valence electrons. The Bertz CT molecular complexity index is 506. The van der Waals surface area contributed by atoms with Crippen molar-refractivity contribution in [1.82, 2.24) is 0 Å². The summed E-state index contributed by atoms with van der Waals surface area (Å²) in [4.78, 5) is 0. The van der Waals surface area contributed by atoms with E-state index in [1.165, 1.54) is 0 Å². The van der Waals surface area contributed by atoms with Crippen LogP contribution in [0.4, 0.5) is 0 Å². The minimum Gasteiger partial charge on any atom is -0.378 e. The summed E-state index contributed by atoms with van der Waals surface area (Å²) >= 11 is 0. The lowest BCUT2D eigenvalue weighted by atomic mass is 10.0. The number of ether oxygens (including phenoxy) is 1. The highest BCUT2D eigenvalue weighted by Crippen LogP contribution is 2.41. The van der Waals surface area contributed by atoms with Crippen molar-refractivity contribution in [1.29, 1.82) is 0 Å². The van der Waals surface area contributed by atoms with E-state index < -0.39 is 9.05 Å². The zero-order chi connectivity index (χ0) is 12.5. The van der Waals surface area contributed by atoms with Crippen LogP contribution in [0.2, 0.25) is 0 Å². The molecule has 0 unspecified atom stereocenters. The van der Waals surface area contributed by atoms with E-state index >= 15 is 0 Å². The molecule has 2 rings (SSSR count). The average Bonchev–Trinajstić information content (AvgIpc) is 2.96. The molecule has 0 radical (unpaired) electrons. The fourth-order valence-corrected chi connectivity index (χ4v) is 2.95. The van der Waals surface area contributed by atoms with Gasteiger partial charge in [0.1, 0.15) is 0 Å². The van der Waals surface area contributed by atoms with Gasteiger partial charge in [0.05, 0.1) is 11.4 Å². The summed E-state index contributed by atoms with van der Waals surface area (Å²) < 4.78 is 27.5. The Kier molecular flexibility index (Phi) is 3.48. The van der Waals surface area contributed by atoms with Crippen molar-refractivity contribution in [3.8, 4) is 0 Å². The van der Waals surface area contributed by atoms with Crippen LogP contribution in [-0.2, 0) is 26.0 Å². The first-order chi connectivity index (χ1) is 7.92. The van der Waals surface area contributed by atoms with Crippen molar-refractivity contribution in [3.05, 3.63) is 35.4 Å². The third-order valence-corrected chi connectivity index (χ3v) is 4.10. The molecular formula is C12H15ClO3S. The zero-order valence-corrected chi connectivity index (χ0v) is 11.2. The molecule has 0 bridgehead atoms. The first-order valence-corrected chi connectivity index (χ1v) is 7.96. The molecule has 1 aliphatic carbocycles. The van der Waals surface area contributed by atoms with E-state index in [0.717, 1.165) is 30.4 Å². The molecule has 0 spiro atoms. The number of rotatable bonds is 5. The third-order valence-electron chi connectivity index (χ3n) is 3.10. The van der Waals surface area contributed by atoms with Gasteiger partial charge in [-0.1, -0.05) is 24.3 Å². The Morgan fingerprint density at radius 2 is 2.00 bits per heavy atom. The van der Waals surface area contributed by atoms with Crippen LogP contribution >= 0.6 is 10.7 Å². The van der Waals surface area contributed by atoms with Gasteiger partial charge in [-0.3, -0.25) is 0 Å². The third kappa shape index (κ3) is 3.69. The highest BCUT2D eigenvalue weighted by atomic mass is 35.7. The Morgan fingerprint density at radius 3 is 2.53 bits per heavy atom. The monoisotopic (exact) mass is 274 g/mol. The normalized spacial score (nSPS) is 18.0. The van der Waals surface area contributed by atoms with Gasteiger partial charge in [-0.15, -0.1) is 0 Å². The zero-order valence-electron chi connectivity index (χ0n) is 9.65. The number of halogens is 1. The molecule has 1 aromatic rings. The highest BCUT2D eigenvalue weighted by molar-refractivity contribution is 8.13. The van der Waals surface area contributed by atoms with Crippen molar-refractivity contribution < 1.29 is 13.2 Å². The molecule has 0 saturated heterocycles. The molecule has 1 fully saturated rings. The second-order valence-corrected chi connectivity index (χ2v) is 7.34. The van der Waals surface area contributed by atoms with Crippen LogP contribution in [0.25, 0.3) is 0 Å². The summed E-state index contributed by atoms with van der Waals surface area (Å²) in [5.74, 6) is -0.123. The van der Waals surface area contributed by atoms with Crippen LogP contribution in [-0.4, -0.2) is 21.1 Å². The van der Waals surface area contributed by atoms with E-state index in [1.807, 2.05) is 18.2 Å². The molecule has 0 aromatic heterocycles. The quantitative estimate of drug-likeness (QED) is 0.775. The minimum absolute atomic E-state index is 0.0154. The molecule has 0 atom stereocenters. The summed E-state index contributed by atoms with van der Waals surface area (Å²) in [6.07, 6.45) is 2.97. The fourth-order valence-electron chi connectivity index (χ4n) is 1.99. The van der Waals surface area contributed by atoms with E-state index in [1.54, 1.807) is 13.2 Å². The number of hydrogen-bond donors (Lipinski definition) is 0. The van der Waals surface area contributed by atoms with Gasteiger partial charge in [0.25, 0.3) is 0 Å². The van der Waals surface area contributed by atoms with Gasteiger partial charge in [-0.2, -0.15) is 0 Å². The predicted molar refractivity (Wildman–Crippen MR) is 67.6 cm³/mol. The topological polar surface area (TPSA) is 43.4 Å². The fraction of sp³-hybridized carbons (Fsp3) is 0.500. The van der Waals surface area contributed by atoms with Crippen molar-refractivity contribution in [2.45, 2.75) is 30.6 Å². The van der Waals surface area contributed by atoms with E-state index in [4.69, 9.17) is 15.4 Å². The van der Waals surface area contributed by atoms with Crippen LogP contribution in [0.5, 0.6) is 0 Å². The molecule has 0 heterocycles. The smallest absolute Gasteiger partial charge is 0.236 e. The van der Waals surface area contributed by atoms with Crippen LogP contribution < -0.4 is 0 Å². The van der Waals surface area contributed by atoms with Crippen LogP contribution in [0.15, 0.2) is 24.3 Å². The lowest BCUT2D eigenvalue weighted by Gasteiger charge is -2.13. The second-order valence-electron chi connectivity index (χ2n) is 4.57. The van der Waals surface area contributed by atoms with E-state index in [-0.39, 0.29) is 11.4 Å². The summed E-state index contributed by atoms with van der Waals surface area (Å²) in [6, 6.07) is 7.51. The van der Waals surface area contributed by atoms with E-state index in [0.29, 0.717) is 0 Å². The van der Waals surface area contributed by atoms with Crippen LogP contribution in [0.3, 0.4) is 0 Å². The van der Waals surface area contributed by atoms with E-state index in [2.05, 4.69) is 0 Å². The average molecular weight is 275 g/mol. The van der Waals surface area contributed by atoms with Gasteiger partial charge in [0, 0.05) is 24.2 Å². The number of methoxy groups -OCH3 is 1. The Labute approximate surface area is 106 Å². The molecule has 0 N–H and O–H groups in total. The van der Waals surface area contributed by atoms with Crippen LogP contribution in [0.1, 0.15) is 24.0 Å². The van der Waals surface area contributed by atoms with Crippen molar-refractivity contribution in [3.63, 3.8) is 0 Å². The van der Waals surface area contributed by atoms with Gasteiger partial charge >= 0.3 is 0 Å². The molecule has 0 amide bonds. The molecule has 1 aromatic carbocycles. The molecule has 5 heteroatoms. The Hall–Kier alpha value is -0.580. The maximum atomic E-state index is 11.0. The van der Waals surface area contributed by atoms with Crippen molar-refractivity contribution in [2.75, 3.05) is 7.11 Å². The Morgan fingerprint density at radius 1 is 1.35 bits per heavy atom. The molecular weight excluding hydrogens is 260 g/mol. The van der Waals surface area contributed by atoms with Gasteiger partial charge in [0.2, 0.25) is 9.05 Å². The minimum atomic E-state index is -3.49. The van der Waals surface area contributed by atoms with Crippen molar-refractivity contribution in [2.24, 2.45) is 0 Å². The number of benzene rings is 1. The van der Waals surface area contributed by atoms with Gasteiger partial charge in [0.15, 0.2) is 0 Å². The second kappa shape index (κ2) is 4.59. The maximum Gasteiger partial charge on any atom is 0.236 e. The molecule has 1 saturated carbocycles. The number of hydrogen-bond acceptors (Lipinski definition) is 3. The lowest BCUT2D eigenvalue weighted by Crippen LogP contribution is -2.15. The summed E-state index contributed by atoms with van der Waals surface area (Å²) in [7, 11) is 3.48. The van der Waals surface area contributed by atoms with Gasteiger partial charge < -0.3 is 4.74 Å². The Balaban J connectivity index is 2.12. The molecule has 17 heavy (non-hydrogen) atoms. The highest BCUT2D eigenvalue weighted by Gasteiger charge is 2.42. The van der Waals surface area contributed by atoms with Crippen LogP contribution in [0, 0.1) is 0 Å². The molecule has 0 aliphatic heterocycles. The maximum absolute atomic E-state index is 11.0. The van der Waals surface area contributed by atoms with Gasteiger partial charge in [-0.25, -0.2) is 8.42 Å². The predicted octanol–water partition coefficient (Wildman–Crippen LogP) is 2.48. The summed E-state index contributed by atoms with van der Waals surface area (Å²) in [5, 5.41) is 0. The largest absolute Gasteiger partial charge is 0.378 e. The molecule has 1 aliphatic rings. The first-order valence-electron chi connectivity index (χ1n) is 5.48. The standard InChI is InChI=1S/C12H15ClO3S/c1-16-12(5-6-12)8-10-3-2-4-11(7-10)9-17(13,14)15/h2-4,7H,5-6,8-9H2,1H3. The van der Waals surface area contributed by atoms with E-state index in [9.17, 15) is 8.42 Å². The SMILES string of the molecule is COC1(Cc2cccc(CS(=O)(=O)Cl)c2)CC1. The lowest BCUT2D eigenvalue weighted by molar-refractivity contribution is 0.0807. The first kappa shape index (κ1) is 12.9.